The highest BCUT2D eigenvalue weighted by molar-refractivity contribution is 5.94. The summed E-state index contributed by atoms with van der Waals surface area (Å²) in [4.78, 5) is 11.3. The lowest BCUT2D eigenvalue weighted by Crippen LogP contribution is -2.45. The van der Waals surface area contributed by atoms with E-state index in [0.717, 1.165) is 6.07 Å². The maximum Gasteiger partial charge on any atom is 0.409 e. The first-order valence-corrected chi connectivity index (χ1v) is 5.23. The van der Waals surface area contributed by atoms with E-state index in [4.69, 9.17) is 5.73 Å². The van der Waals surface area contributed by atoms with Crippen LogP contribution in [-0.4, -0.2) is 18.3 Å². The molecule has 9 heteroatoms. The van der Waals surface area contributed by atoms with Crippen molar-refractivity contribution in [1.29, 1.82) is 0 Å². The number of benzene rings is 1. The van der Waals surface area contributed by atoms with Gasteiger partial charge in [-0.05, 0) is 30.7 Å². The van der Waals surface area contributed by atoms with Crippen LogP contribution in [0.1, 0.15) is 5.56 Å². The highest BCUT2D eigenvalue weighted by Gasteiger charge is 2.61. The van der Waals surface area contributed by atoms with Crippen molar-refractivity contribution in [2.75, 3.05) is 11.1 Å². The first kappa shape index (κ1) is 16.1. The standard InChI is InChI=1S/C11H10F6N2O/c1-5-4-6(18)2-3-7(5)19-9(20)8(10(12,13)14)11(15,16)17/h2-4,8H,18H2,1H3,(H,19,20). The number of anilines is 2. The predicted octanol–water partition coefficient (Wildman–Crippen LogP) is 3.26. The van der Waals surface area contributed by atoms with E-state index in [-0.39, 0.29) is 16.9 Å². The minimum Gasteiger partial charge on any atom is -0.399 e. The molecule has 0 spiro atoms. The van der Waals surface area contributed by atoms with Gasteiger partial charge in [0.1, 0.15) is 0 Å². The van der Waals surface area contributed by atoms with Gasteiger partial charge in [-0.2, -0.15) is 26.3 Å². The first-order valence-electron chi connectivity index (χ1n) is 5.23. The van der Waals surface area contributed by atoms with Gasteiger partial charge in [0, 0.05) is 11.4 Å². The van der Waals surface area contributed by atoms with Gasteiger partial charge in [0.15, 0.2) is 0 Å². The molecule has 20 heavy (non-hydrogen) atoms. The Labute approximate surface area is 109 Å². The van der Waals surface area contributed by atoms with E-state index >= 15 is 0 Å². The summed E-state index contributed by atoms with van der Waals surface area (Å²) in [6.45, 7) is 1.39. The van der Waals surface area contributed by atoms with Crippen molar-refractivity contribution >= 4 is 17.3 Å². The van der Waals surface area contributed by atoms with Gasteiger partial charge >= 0.3 is 12.4 Å². The number of aryl methyl sites for hydroxylation is 1. The molecular formula is C11H10F6N2O. The van der Waals surface area contributed by atoms with Gasteiger partial charge in [0.2, 0.25) is 11.8 Å². The van der Waals surface area contributed by atoms with E-state index in [9.17, 15) is 31.1 Å². The summed E-state index contributed by atoms with van der Waals surface area (Å²) in [6, 6.07) is 3.69. The Bertz CT molecular complexity index is 495. The molecule has 1 aromatic rings. The molecule has 1 rings (SSSR count). The molecule has 0 radical (unpaired) electrons. The molecule has 3 N–H and O–H groups in total. The van der Waals surface area contributed by atoms with Crippen LogP contribution in [0.5, 0.6) is 0 Å². The number of nitrogens with one attached hydrogen (secondary N) is 1. The van der Waals surface area contributed by atoms with E-state index < -0.39 is 24.2 Å². The van der Waals surface area contributed by atoms with Crippen molar-refractivity contribution in [1.82, 2.24) is 0 Å². The summed E-state index contributed by atoms with van der Waals surface area (Å²) in [7, 11) is 0. The topological polar surface area (TPSA) is 55.1 Å². The second-order valence-corrected chi connectivity index (χ2v) is 4.08. The van der Waals surface area contributed by atoms with Gasteiger partial charge in [-0.15, -0.1) is 0 Å². The molecule has 0 bridgehead atoms. The van der Waals surface area contributed by atoms with Crippen LogP contribution < -0.4 is 11.1 Å². The molecule has 0 aliphatic carbocycles. The van der Waals surface area contributed by atoms with E-state index in [0.29, 0.717) is 0 Å². The Kier molecular flexibility index (Phi) is 4.21. The van der Waals surface area contributed by atoms with E-state index in [1.54, 1.807) is 5.32 Å². The maximum absolute atomic E-state index is 12.3. The summed E-state index contributed by atoms with van der Waals surface area (Å²) in [6.07, 6.45) is -11.4. The number of nitrogen functional groups attached to an aromatic ring is 1. The monoisotopic (exact) mass is 300 g/mol. The third-order valence-electron chi connectivity index (χ3n) is 2.43. The number of hydrogen-bond donors (Lipinski definition) is 2. The van der Waals surface area contributed by atoms with Crippen molar-refractivity contribution < 1.29 is 31.1 Å². The lowest BCUT2D eigenvalue weighted by atomic mass is 10.1. The minimum absolute atomic E-state index is 0.164. The molecule has 0 aliphatic heterocycles. The lowest BCUT2D eigenvalue weighted by molar-refractivity contribution is -0.272. The molecular weight excluding hydrogens is 290 g/mol. The first-order chi connectivity index (χ1) is 8.93. The zero-order chi connectivity index (χ0) is 15.7. The smallest absolute Gasteiger partial charge is 0.399 e. The fraction of sp³-hybridized carbons (Fsp3) is 0.364. The number of carbonyl (C=O) groups excluding carboxylic acids is 1. The van der Waals surface area contributed by atoms with Crippen LogP contribution in [0.3, 0.4) is 0 Å². The van der Waals surface area contributed by atoms with Gasteiger partial charge in [-0.3, -0.25) is 4.79 Å². The second-order valence-electron chi connectivity index (χ2n) is 4.08. The lowest BCUT2D eigenvalue weighted by Gasteiger charge is -2.22. The Hall–Kier alpha value is -1.93. The Morgan fingerprint density at radius 2 is 1.65 bits per heavy atom. The van der Waals surface area contributed by atoms with E-state index in [2.05, 4.69) is 0 Å². The molecule has 1 aromatic carbocycles. The Morgan fingerprint density at radius 3 is 2.05 bits per heavy atom. The van der Waals surface area contributed by atoms with Gasteiger partial charge < -0.3 is 11.1 Å². The minimum atomic E-state index is -5.72. The van der Waals surface area contributed by atoms with Gasteiger partial charge in [-0.1, -0.05) is 0 Å². The fourth-order valence-corrected chi connectivity index (χ4v) is 1.51. The van der Waals surface area contributed by atoms with E-state index in [1.807, 2.05) is 0 Å². The number of halogens is 6. The fourth-order valence-electron chi connectivity index (χ4n) is 1.51. The molecule has 0 aliphatic rings. The number of carbonyl (C=O) groups is 1. The van der Waals surface area contributed by atoms with Gasteiger partial charge in [-0.25, -0.2) is 0 Å². The number of rotatable bonds is 2. The molecule has 0 saturated carbocycles. The van der Waals surface area contributed by atoms with Crippen molar-refractivity contribution in [3.05, 3.63) is 23.8 Å². The molecule has 0 heterocycles. The van der Waals surface area contributed by atoms with E-state index in [1.165, 1.54) is 19.1 Å². The summed E-state index contributed by atoms with van der Waals surface area (Å²) >= 11 is 0. The highest BCUT2D eigenvalue weighted by atomic mass is 19.4. The largest absolute Gasteiger partial charge is 0.409 e. The maximum atomic E-state index is 12.3. The summed E-state index contributed by atoms with van der Waals surface area (Å²) in [5.41, 5.74) is 5.74. The highest BCUT2D eigenvalue weighted by Crippen LogP contribution is 2.40. The Morgan fingerprint density at radius 1 is 1.15 bits per heavy atom. The van der Waals surface area contributed by atoms with Crippen LogP contribution in [0.2, 0.25) is 0 Å². The third kappa shape index (κ3) is 3.78. The average Bonchev–Trinajstić information content (AvgIpc) is 2.17. The normalized spacial score (nSPS) is 12.6. The van der Waals surface area contributed by atoms with Crippen molar-refractivity contribution in [3.8, 4) is 0 Å². The van der Waals surface area contributed by atoms with Gasteiger partial charge in [0.25, 0.3) is 0 Å². The van der Waals surface area contributed by atoms with Crippen LogP contribution in [0.4, 0.5) is 37.7 Å². The number of amides is 1. The summed E-state index contributed by atoms with van der Waals surface area (Å²) in [5, 5.41) is 1.62. The van der Waals surface area contributed by atoms with Crippen LogP contribution in [0, 0.1) is 12.8 Å². The van der Waals surface area contributed by atoms with Gasteiger partial charge in [0.05, 0.1) is 0 Å². The Balaban J connectivity index is 3.04. The number of hydrogen-bond acceptors (Lipinski definition) is 2. The molecule has 0 fully saturated rings. The number of alkyl halides is 6. The zero-order valence-electron chi connectivity index (χ0n) is 10.1. The molecule has 112 valence electrons. The van der Waals surface area contributed by atoms with Crippen molar-refractivity contribution in [2.24, 2.45) is 5.92 Å². The molecule has 0 aromatic heterocycles. The third-order valence-corrected chi connectivity index (χ3v) is 2.43. The molecule has 0 unspecified atom stereocenters. The molecule has 3 nitrogen and oxygen atoms in total. The molecule has 0 atom stereocenters. The van der Waals surface area contributed by atoms with Crippen LogP contribution in [0.15, 0.2) is 18.2 Å². The zero-order valence-corrected chi connectivity index (χ0v) is 10.1. The summed E-state index contributed by atoms with van der Waals surface area (Å²) < 4.78 is 74.0. The van der Waals surface area contributed by atoms with Crippen LogP contribution in [0.25, 0.3) is 0 Å². The quantitative estimate of drug-likeness (QED) is 0.650. The SMILES string of the molecule is Cc1cc(N)ccc1NC(=O)C(C(F)(F)F)C(F)(F)F. The van der Waals surface area contributed by atoms with Crippen molar-refractivity contribution in [2.45, 2.75) is 19.3 Å². The second kappa shape index (κ2) is 5.22. The van der Waals surface area contributed by atoms with Crippen LogP contribution >= 0.6 is 0 Å². The van der Waals surface area contributed by atoms with Crippen LogP contribution in [-0.2, 0) is 4.79 Å². The predicted molar refractivity (Wildman–Crippen MR) is 59.8 cm³/mol. The average molecular weight is 300 g/mol. The number of nitrogens with two attached hydrogens (primary N) is 1. The van der Waals surface area contributed by atoms with Crippen molar-refractivity contribution in [3.63, 3.8) is 0 Å². The molecule has 0 saturated heterocycles. The summed E-state index contributed by atoms with van der Waals surface area (Å²) in [5.74, 6) is -6.26. The molecule has 1 amide bonds.